The fourth-order valence-electron chi connectivity index (χ4n) is 2.26. The highest BCUT2D eigenvalue weighted by Crippen LogP contribution is 2.20. The molecule has 2 amide bonds. The van der Waals surface area contributed by atoms with Crippen LogP contribution in [0.25, 0.3) is 0 Å². The highest BCUT2D eigenvalue weighted by molar-refractivity contribution is 7.89. The van der Waals surface area contributed by atoms with Gasteiger partial charge in [0.2, 0.25) is 21.8 Å². The maximum absolute atomic E-state index is 13.6. The van der Waals surface area contributed by atoms with Gasteiger partial charge in [0.25, 0.3) is 0 Å². The third kappa shape index (κ3) is 5.12. The molecule has 2 rings (SSSR count). The minimum absolute atomic E-state index is 0.0588. The summed E-state index contributed by atoms with van der Waals surface area (Å²) >= 11 is 0. The van der Waals surface area contributed by atoms with Crippen LogP contribution in [0.2, 0.25) is 0 Å². The molecule has 0 aliphatic carbocycles. The molecule has 0 fully saturated rings. The van der Waals surface area contributed by atoms with Crippen molar-refractivity contribution in [2.45, 2.75) is 11.8 Å². The quantitative estimate of drug-likeness (QED) is 0.762. The van der Waals surface area contributed by atoms with Crippen molar-refractivity contribution in [3.63, 3.8) is 0 Å². The van der Waals surface area contributed by atoms with Crippen LogP contribution in [0.5, 0.6) is 0 Å². The van der Waals surface area contributed by atoms with E-state index in [1.165, 1.54) is 50.4 Å². The number of benzene rings is 2. The summed E-state index contributed by atoms with van der Waals surface area (Å²) in [7, 11) is -2.70. The van der Waals surface area contributed by atoms with Gasteiger partial charge in [-0.05, 0) is 42.5 Å². The number of nitriles is 1. The second kappa shape index (κ2) is 8.60. The summed E-state index contributed by atoms with van der Waals surface area (Å²) in [5.74, 6) is -1.80. The van der Waals surface area contributed by atoms with Crippen LogP contribution in [0, 0.1) is 17.1 Å². The first-order valence-electron chi connectivity index (χ1n) is 7.97. The second-order valence-corrected chi connectivity index (χ2v) is 7.87. The lowest BCUT2D eigenvalue weighted by molar-refractivity contribution is -0.116. The van der Waals surface area contributed by atoms with Crippen molar-refractivity contribution in [2.75, 3.05) is 24.2 Å². The summed E-state index contributed by atoms with van der Waals surface area (Å²) in [4.78, 5) is 23.2. The summed E-state index contributed by atoms with van der Waals surface area (Å²) in [5.41, 5.74) is 0.397. The number of hydrogen-bond acceptors (Lipinski definition) is 5. The third-order valence-corrected chi connectivity index (χ3v) is 5.44. The molecule has 10 heteroatoms. The summed E-state index contributed by atoms with van der Waals surface area (Å²) in [6.07, 6.45) is 0. The zero-order valence-electron chi connectivity index (χ0n) is 15.1. The number of halogens is 1. The van der Waals surface area contributed by atoms with Crippen LogP contribution in [0.3, 0.4) is 0 Å². The lowest BCUT2D eigenvalue weighted by Crippen LogP contribution is -2.35. The Morgan fingerprint density at radius 3 is 2.36 bits per heavy atom. The predicted molar refractivity (Wildman–Crippen MR) is 100 cm³/mol. The van der Waals surface area contributed by atoms with Crippen LogP contribution >= 0.6 is 0 Å². The molecule has 0 aliphatic rings. The molecule has 0 unspecified atom stereocenters. The molecule has 146 valence electrons. The molecule has 0 spiro atoms. The summed E-state index contributed by atoms with van der Waals surface area (Å²) in [6, 6.07) is 10.8. The number of carbonyl (C=O) groups is 2. The summed E-state index contributed by atoms with van der Waals surface area (Å²) in [5, 5.41) is 13.5. The molecule has 2 N–H and O–H groups in total. The van der Waals surface area contributed by atoms with Crippen LogP contribution in [-0.4, -0.2) is 38.1 Å². The Kier molecular flexibility index (Phi) is 6.45. The molecule has 2 aromatic rings. The monoisotopic (exact) mass is 404 g/mol. The minimum atomic E-state index is -3.94. The number of anilines is 2. The lowest BCUT2D eigenvalue weighted by atomic mass is 10.2. The average Bonchev–Trinajstić information content (AvgIpc) is 2.64. The highest BCUT2D eigenvalue weighted by atomic mass is 32.2. The van der Waals surface area contributed by atoms with E-state index in [0.717, 1.165) is 10.4 Å². The van der Waals surface area contributed by atoms with Crippen LogP contribution in [0.4, 0.5) is 15.8 Å². The number of nitrogens with zero attached hydrogens (tertiary/aromatic N) is 2. The number of rotatable bonds is 6. The van der Waals surface area contributed by atoms with Crippen molar-refractivity contribution >= 4 is 33.2 Å². The van der Waals surface area contributed by atoms with Gasteiger partial charge in [0.05, 0.1) is 28.8 Å². The smallest absolute Gasteiger partial charge is 0.243 e. The molecule has 0 saturated heterocycles. The standard InChI is InChI=1S/C18H17FN4O4S/c1-12(24)21-17-9-14(5-8-16(17)19)22-18(25)11-23(2)28(26,27)15-6-3-13(10-20)4-7-15/h3-9H,11H2,1-2H3,(H,21,24)(H,22,25). The van der Waals surface area contributed by atoms with E-state index < -0.39 is 34.2 Å². The van der Waals surface area contributed by atoms with Gasteiger partial charge in [0.1, 0.15) is 5.82 Å². The van der Waals surface area contributed by atoms with Gasteiger partial charge in [-0.2, -0.15) is 9.57 Å². The number of nitrogens with one attached hydrogen (secondary N) is 2. The van der Waals surface area contributed by atoms with Crippen molar-refractivity contribution in [1.29, 1.82) is 5.26 Å². The minimum Gasteiger partial charge on any atom is -0.325 e. The van der Waals surface area contributed by atoms with Gasteiger partial charge in [0.15, 0.2) is 0 Å². The molecule has 8 nitrogen and oxygen atoms in total. The maximum atomic E-state index is 13.6. The number of hydrogen-bond donors (Lipinski definition) is 2. The lowest BCUT2D eigenvalue weighted by Gasteiger charge is -2.17. The van der Waals surface area contributed by atoms with E-state index in [4.69, 9.17) is 5.26 Å². The van der Waals surface area contributed by atoms with E-state index >= 15 is 0 Å². The first-order valence-corrected chi connectivity index (χ1v) is 9.41. The molecule has 0 aromatic heterocycles. The van der Waals surface area contributed by atoms with Crippen molar-refractivity contribution in [3.05, 3.63) is 53.8 Å². The van der Waals surface area contributed by atoms with Gasteiger partial charge in [-0.3, -0.25) is 9.59 Å². The molecule has 28 heavy (non-hydrogen) atoms. The molecule has 2 aromatic carbocycles. The van der Waals surface area contributed by atoms with Gasteiger partial charge in [0, 0.05) is 19.7 Å². The van der Waals surface area contributed by atoms with Crippen molar-refractivity contribution < 1.29 is 22.4 Å². The van der Waals surface area contributed by atoms with Crippen molar-refractivity contribution in [3.8, 4) is 6.07 Å². The first kappa shape index (κ1) is 21.0. The van der Waals surface area contributed by atoms with Gasteiger partial charge in [-0.1, -0.05) is 0 Å². The largest absolute Gasteiger partial charge is 0.325 e. The summed E-state index contributed by atoms with van der Waals surface area (Å²) < 4.78 is 39.5. The number of carbonyl (C=O) groups excluding carboxylic acids is 2. The van der Waals surface area contributed by atoms with Crippen molar-refractivity contribution in [2.24, 2.45) is 0 Å². The van der Waals surface area contributed by atoms with E-state index in [9.17, 15) is 22.4 Å². The van der Waals surface area contributed by atoms with Crippen LogP contribution in [0.1, 0.15) is 12.5 Å². The molecule has 0 radical (unpaired) electrons. The fourth-order valence-corrected chi connectivity index (χ4v) is 3.38. The normalized spacial score (nSPS) is 11.0. The first-order chi connectivity index (χ1) is 13.1. The van der Waals surface area contributed by atoms with E-state index in [1.54, 1.807) is 0 Å². The molecular formula is C18H17FN4O4S. The number of likely N-dealkylation sites (N-methyl/N-ethyl adjacent to an activating group) is 1. The molecular weight excluding hydrogens is 387 g/mol. The van der Waals surface area contributed by atoms with E-state index in [0.29, 0.717) is 5.56 Å². The van der Waals surface area contributed by atoms with Gasteiger partial charge < -0.3 is 10.6 Å². The van der Waals surface area contributed by atoms with Gasteiger partial charge in [-0.25, -0.2) is 12.8 Å². The van der Waals surface area contributed by atoms with Crippen LogP contribution in [0.15, 0.2) is 47.4 Å². The predicted octanol–water partition coefficient (Wildman–Crippen LogP) is 1.91. The Labute approximate surface area is 161 Å². The Hall–Kier alpha value is -3.29. The number of sulfonamides is 1. The van der Waals surface area contributed by atoms with Gasteiger partial charge >= 0.3 is 0 Å². The Bertz CT molecular complexity index is 1050. The Balaban J connectivity index is 2.09. The second-order valence-electron chi connectivity index (χ2n) is 5.82. The zero-order chi connectivity index (χ0) is 20.9. The highest BCUT2D eigenvalue weighted by Gasteiger charge is 2.23. The van der Waals surface area contributed by atoms with Crippen LogP contribution in [-0.2, 0) is 19.6 Å². The molecule has 0 atom stereocenters. The van der Waals surface area contributed by atoms with E-state index in [1.807, 2.05) is 6.07 Å². The van der Waals surface area contributed by atoms with Crippen molar-refractivity contribution in [1.82, 2.24) is 4.31 Å². The molecule has 0 bridgehead atoms. The summed E-state index contributed by atoms with van der Waals surface area (Å²) in [6.45, 7) is 0.725. The fraction of sp³-hybridized carbons (Fsp3) is 0.167. The topological polar surface area (TPSA) is 119 Å². The molecule has 0 aliphatic heterocycles. The molecule has 0 heterocycles. The van der Waals surface area contributed by atoms with E-state index in [2.05, 4.69) is 10.6 Å². The SMILES string of the molecule is CC(=O)Nc1cc(NC(=O)CN(C)S(=O)(=O)c2ccc(C#N)cc2)ccc1F. The maximum Gasteiger partial charge on any atom is 0.243 e. The number of amides is 2. The van der Waals surface area contributed by atoms with Crippen LogP contribution < -0.4 is 10.6 Å². The zero-order valence-corrected chi connectivity index (χ0v) is 15.9. The Morgan fingerprint density at radius 1 is 1.14 bits per heavy atom. The molecule has 0 saturated carbocycles. The van der Waals surface area contributed by atoms with Gasteiger partial charge in [-0.15, -0.1) is 0 Å². The third-order valence-electron chi connectivity index (χ3n) is 3.62. The Morgan fingerprint density at radius 2 is 1.79 bits per heavy atom. The van der Waals surface area contributed by atoms with E-state index in [-0.39, 0.29) is 16.3 Å². The average molecular weight is 404 g/mol.